The first kappa shape index (κ1) is 53.6. The smallest absolute Gasteiger partial charge is 0.0175 e. The van der Waals surface area contributed by atoms with Crippen LogP contribution in [0.3, 0.4) is 0 Å². The monoisotopic (exact) mass is 1090 g/mol. The van der Waals surface area contributed by atoms with Crippen LogP contribution in [-0.4, -0.2) is 0 Å². The van der Waals surface area contributed by atoms with E-state index in [9.17, 15) is 0 Å². The van der Waals surface area contributed by atoms with E-state index in [1.807, 2.05) is 12.1 Å². The summed E-state index contributed by atoms with van der Waals surface area (Å²) in [6, 6.07) is 45.3. The maximum absolute atomic E-state index is 3.57. The van der Waals surface area contributed by atoms with Crippen molar-refractivity contribution in [3.05, 3.63) is 173 Å². The fourth-order valence-electron chi connectivity index (χ4n) is 7.17. The molecule has 342 valence electrons. The Bertz CT molecular complexity index is 2410. The molecule has 0 unspecified atom stereocenters. The van der Waals surface area contributed by atoms with Crippen LogP contribution >= 0.6 is 54.5 Å². The lowest BCUT2D eigenvalue weighted by Crippen LogP contribution is -2.16. The predicted molar refractivity (Wildman–Crippen MR) is 301 cm³/mol. The number of hydrogen-bond acceptors (Lipinski definition) is 0. The van der Waals surface area contributed by atoms with Gasteiger partial charge in [-0.05, 0) is 171 Å². The van der Waals surface area contributed by atoms with Crippen LogP contribution in [-0.2, 0) is 32.5 Å². The molecule has 6 rings (SSSR count). The normalized spacial score (nSPS) is 12.5. The third-order valence-corrected chi connectivity index (χ3v) is 13.5. The minimum atomic E-state index is 0.0780. The largest absolute Gasteiger partial charge is 0.0561 e. The molecule has 0 aromatic heterocycles. The van der Waals surface area contributed by atoms with Crippen LogP contribution in [0.5, 0.6) is 0 Å². The van der Waals surface area contributed by atoms with Crippen LogP contribution in [0.25, 0.3) is 33.4 Å². The molecule has 0 nitrogen and oxygen atoms in total. The lowest BCUT2D eigenvalue weighted by molar-refractivity contribution is 0.568. The number of hydrogen-bond donors (Lipinski definition) is 0. The summed E-state index contributed by atoms with van der Waals surface area (Å²) in [4.78, 5) is 0. The maximum Gasteiger partial charge on any atom is 0.0175 e. The summed E-state index contributed by atoms with van der Waals surface area (Å²) < 4.78 is 3.51. The second kappa shape index (κ2) is 20.5. The highest BCUT2D eigenvalue weighted by atomic mass is 127. The average Bonchev–Trinajstić information content (AvgIpc) is 3.17. The van der Waals surface area contributed by atoms with E-state index in [2.05, 4.69) is 295 Å². The van der Waals surface area contributed by atoms with Gasteiger partial charge in [0, 0.05) is 12.5 Å². The second-order valence-corrected chi connectivity index (χ2v) is 27.0. The summed E-state index contributed by atoms with van der Waals surface area (Å²) in [5.74, 6) is 0. The Kier molecular flexibility index (Phi) is 17.2. The van der Waals surface area contributed by atoms with Gasteiger partial charge in [-0.1, -0.05) is 241 Å². The fraction of sp³-hybridized carbons (Fsp3) is 0.410. The molecule has 6 aromatic carbocycles. The van der Waals surface area contributed by atoms with E-state index in [1.54, 1.807) is 0 Å². The SMILES string of the molecule is Brc1ccc(I)cc1.CC(C)(C)c1cc(-c2ccc(Br)cc2)cc(-c2cc(C(C)(C)C)cc(C(C)(C)C)c2)c1.Cc1cc(-c2cc(C(C)(C)C)cc(C(C)(C)C)c2)cc(C(C)(C)C)c1. The summed E-state index contributed by atoms with van der Waals surface area (Å²) in [6.45, 7) is 43.6. The van der Waals surface area contributed by atoms with Gasteiger partial charge in [-0.15, -0.1) is 0 Å². The van der Waals surface area contributed by atoms with E-state index < -0.39 is 0 Å². The van der Waals surface area contributed by atoms with Gasteiger partial charge in [-0.3, -0.25) is 0 Å². The zero-order valence-corrected chi connectivity index (χ0v) is 48.0. The van der Waals surface area contributed by atoms with Crippen molar-refractivity contribution in [3.63, 3.8) is 0 Å². The molecule has 3 heteroatoms. The van der Waals surface area contributed by atoms with Crippen LogP contribution in [0.15, 0.2) is 130 Å². The molecule has 0 aliphatic carbocycles. The molecule has 0 atom stereocenters. The molecular formula is C61H77Br2I. The number of rotatable bonds is 3. The van der Waals surface area contributed by atoms with Crippen LogP contribution in [0.2, 0.25) is 0 Å². The molecule has 0 amide bonds. The molecule has 0 radical (unpaired) electrons. The Morgan fingerprint density at radius 1 is 0.281 bits per heavy atom. The third-order valence-electron chi connectivity index (χ3n) is 11.7. The minimum Gasteiger partial charge on any atom is -0.0561 e. The molecule has 0 saturated heterocycles. The summed E-state index contributed by atoms with van der Waals surface area (Å²) >= 11 is 9.19. The summed E-state index contributed by atoms with van der Waals surface area (Å²) in [6.07, 6.45) is 0. The first-order valence-electron chi connectivity index (χ1n) is 22.9. The topological polar surface area (TPSA) is 0 Å². The Morgan fingerprint density at radius 3 is 0.812 bits per heavy atom. The fourth-order valence-corrected chi connectivity index (χ4v) is 8.06. The number of halogens is 3. The van der Waals surface area contributed by atoms with Crippen molar-refractivity contribution >= 4 is 54.5 Å². The molecule has 0 aliphatic rings. The van der Waals surface area contributed by atoms with Crippen molar-refractivity contribution in [2.45, 2.75) is 164 Å². The molecule has 0 aliphatic heterocycles. The highest BCUT2D eigenvalue weighted by molar-refractivity contribution is 14.1. The van der Waals surface area contributed by atoms with Gasteiger partial charge in [-0.25, -0.2) is 0 Å². The molecular weight excluding hydrogens is 1020 g/mol. The predicted octanol–water partition coefficient (Wildman–Crippen LogP) is 20.3. The van der Waals surface area contributed by atoms with E-state index in [1.165, 1.54) is 75.9 Å². The van der Waals surface area contributed by atoms with Gasteiger partial charge < -0.3 is 0 Å². The Balaban J connectivity index is 0.000000242. The molecule has 0 N–H and O–H groups in total. The molecule has 0 bridgehead atoms. The van der Waals surface area contributed by atoms with Crippen LogP contribution in [0.1, 0.15) is 164 Å². The molecule has 0 spiro atoms. The lowest BCUT2D eigenvalue weighted by Gasteiger charge is -2.27. The second-order valence-electron chi connectivity index (χ2n) is 23.9. The third kappa shape index (κ3) is 15.5. The first-order chi connectivity index (χ1) is 29.1. The van der Waals surface area contributed by atoms with E-state index >= 15 is 0 Å². The van der Waals surface area contributed by atoms with E-state index in [-0.39, 0.29) is 32.5 Å². The molecule has 0 saturated carbocycles. The first-order valence-corrected chi connectivity index (χ1v) is 25.6. The van der Waals surface area contributed by atoms with Crippen molar-refractivity contribution in [1.29, 1.82) is 0 Å². The molecule has 0 fully saturated rings. The van der Waals surface area contributed by atoms with Gasteiger partial charge in [0.15, 0.2) is 0 Å². The average molecular weight is 1100 g/mol. The molecule has 64 heavy (non-hydrogen) atoms. The zero-order chi connectivity index (χ0) is 48.4. The van der Waals surface area contributed by atoms with E-state index in [0.717, 1.165) is 8.95 Å². The van der Waals surface area contributed by atoms with Gasteiger partial charge >= 0.3 is 0 Å². The quantitative estimate of drug-likeness (QED) is 0.155. The Morgan fingerprint density at radius 2 is 0.516 bits per heavy atom. The Labute approximate surface area is 421 Å². The van der Waals surface area contributed by atoms with Crippen molar-refractivity contribution in [2.75, 3.05) is 0 Å². The van der Waals surface area contributed by atoms with Gasteiger partial charge in [0.1, 0.15) is 0 Å². The maximum atomic E-state index is 3.57. The molecule has 0 heterocycles. The van der Waals surface area contributed by atoms with Gasteiger partial charge in [0.05, 0.1) is 0 Å². The summed E-state index contributed by atoms with van der Waals surface area (Å²) in [5.41, 5.74) is 18.2. The lowest BCUT2D eigenvalue weighted by atomic mass is 9.78. The van der Waals surface area contributed by atoms with Crippen LogP contribution in [0, 0.1) is 10.5 Å². The van der Waals surface area contributed by atoms with Crippen molar-refractivity contribution < 1.29 is 0 Å². The van der Waals surface area contributed by atoms with Gasteiger partial charge in [0.2, 0.25) is 0 Å². The molecule has 6 aromatic rings. The summed E-state index contributed by atoms with van der Waals surface area (Å²) in [5, 5.41) is 0. The Hall–Kier alpha value is -2.99. The van der Waals surface area contributed by atoms with Crippen LogP contribution in [0.4, 0.5) is 0 Å². The van der Waals surface area contributed by atoms with Gasteiger partial charge in [-0.2, -0.15) is 0 Å². The number of aryl methyl sites for hydroxylation is 1. The standard InChI is InChI=1S/C30H37Br.C25H36.C6H4BrI/c1-28(2,3)24-15-21(20-10-12-27(31)13-11-20)14-22(16-24)23-17-25(29(4,5)6)19-26(18-23)30(7,8)9;1-17-11-18(13-20(12-17)23(2,3)4)19-14-21(24(5,6)7)16-22(15-19)25(8,9)10;7-5-1-3-6(8)4-2-5/h10-19H,1-9H3;11-16H,1-10H3;1-4H. The highest BCUT2D eigenvalue weighted by Gasteiger charge is 2.24. The van der Waals surface area contributed by atoms with Gasteiger partial charge in [0.25, 0.3) is 0 Å². The van der Waals surface area contributed by atoms with E-state index in [0.29, 0.717) is 0 Å². The van der Waals surface area contributed by atoms with Crippen molar-refractivity contribution in [1.82, 2.24) is 0 Å². The zero-order valence-electron chi connectivity index (χ0n) is 42.7. The van der Waals surface area contributed by atoms with Crippen LogP contribution < -0.4 is 0 Å². The van der Waals surface area contributed by atoms with Crippen molar-refractivity contribution in [3.8, 4) is 33.4 Å². The summed E-state index contributed by atoms with van der Waals surface area (Å²) in [7, 11) is 0. The van der Waals surface area contributed by atoms with E-state index in [4.69, 9.17) is 0 Å². The minimum absolute atomic E-state index is 0.0780. The number of benzene rings is 6. The highest BCUT2D eigenvalue weighted by Crippen LogP contribution is 2.39. The van der Waals surface area contributed by atoms with Crippen molar-refractivity contribution in [2.24, 2.45) is 0 Å².